The zero-order valence-corrected chi connectivity index (χ0v) is 21.3. The number of rotatable bonds is 18. The summed E-state index contributed by atoms with van der Waals surface area (Å²) in [5, 5.41) is 0. The molecule has 0 radical (unpaired) electrons. The van der Waals surface area contributed by atoms with Gasteiger partial charge in [-0.25, -0.2) is 0 Å². The fraction of sp³-hybridized carbons (Fsp3) is 1.00. The molecule has 2 fully saturated rings. The number of hydrogen-bond acceptors (Lipinski definition) is 3. The van der Waals surface area contributed by atoms with Gasteiger partial charge in [-0.2, -0.15) is 0 Å². The Labute approximate surface area is 195 Å². The molecular weight excluding hydrogens is 382 g/mol. The summed E-state index contributed by atoms with van der Waals surface area (Å²) in [5.74, 6) is -0.274. The summed E-state index contributed by atoms with van der Waals surface area (Å²) in [6, 6.07) is 0. The van der Waals surface area contributed by atoms with E-state index in [9.17, 15) is 0 Å². The van der Waals surface area contributed by atoms with E-state index in [0.717, 1.165) is 26.0 Å². The number of nitrogens with zero attached hydrogens (tertiary/aromatic N) is 1. The lowest BCUT2D eigenvalue weighted by Crippen LogP contribution is -2.37. The van der Waals surface area contributed by atoms with E-state index < -0.39 is 0 Å². The Balaban J connectivity index is 1.72. The predicted octanol–water partition coefficient (Wildman–Crippen LogP) is 8.26. The van der Waals surface area contributed by atoms with E-state index in [1.165, 1.54) is 129 Å². The lowest BCUT2D eigenvalue weighted by atomic mass is 9.99. The van der Waals surface area contributed by atoms with Crippen molar-refractivity contribution < 1.29 is 9.47 Å². The number of hydrogen-bond donors (Lipinski definition) is 0. The molecule has 184 valence electrons. The molecule has 0 aromatic heterocycles. The van der Waals surface area contributed by atoms with Crippen molar-refractivity contribution in [2.75, 3.05) is 26.2 Å². The van der Waals surface area contributed by atoms with Crippen molar-refractivity contribution in [3.05, 3.63) is 0 Å². The molecule has 2 heterocycles. The summed E-state index contributed by atoms with van der Waals surface area (Å²) in [6.07, 6.45) is 27.0. The molecule has 2 aliphatic heterocycles. The molecule has 3 heteroatoms. The summed E-state index contributed by atoms with van der Waals surface area (Å²) in [5.41, 5.74) is 0. The van der Waals surface area contributed by atoms with E-state index in [-0.39, 0.29) is 11.9 Å². The molecule has 0 amide bonds. The van der Waals surface area contributed by atoms with Crippen LogP contribution in [-0.2, 0) is 9.47 Å². The SMILES string of the molecule is CCCCCCCCCC1(CCCCCCCCC)OCC(CN2CCCCCC2)O1. The molecule has 1 unspecified atom stereocenters. The van der Waals surface area contributed by atoms with Gasteiger partial charge >= 0.3 is 0 Å². The Morgan fingerprint density at radius 2 is 1.13 bits per heavy atom. The van der Waals surface area contributed by atoms with Crippen molar-refractivity contribution in [1.82, 2.24) is 4.90 Å². The molecule has 2 rings (SSSR count). The monoisotopic (exact) mass is 437 g/mol. The molecule has 0 aromatic carbocycles. The Morgan fingerprint density at radius 1 is 0.645 bits per heavy atom. The molecule has 31 heavy (non-hydrogen) atoms. The van der Waals surface area contributed by atoms with Crippen LogP contribution in [0.2, 0.25) is 0 Å². The second-order valence-corrected chi connectivity index (χ2v) is 10.4. The van der Waals surface area contributed by atoms with E-state index in [4.69, 9.17) is 9.47 Å². The molecule has 0 bridgehead atoms. The molecule has 0 N–H and O–H groups in total. The summed E-state index contributed by atoms with van der Waals surface area (Å²) in [7, 11) is 0. The third-order valence-electron chi connectivity index (χ3n) is 7.40. The summed E-state index contributed by atoms with van der Waals surface area (Å²) < 4.78 is 13.2. The van der Waals surface area contributed by atoms with Gasteiger partial charge in [-0.1, -0.05) is 104 Å². The molecule has 0 aromatic rings. The van der Waals surface area contributed by atoms with Crippen LogP contribution in [0.5, 0.6) is 0 Å². The highest BCUT2D eigenvalue weighted by Crippen LogP contribution is 2.35. The average molecular weight is 438 g/mol. The first-order valence-corrected chi connectivity index (χ1v) is 14.3. The topological polar surface area (TPSA) is 21.7 Å². The van der Waals surface area contributed by atoms with E-state index in [1.807, 2.05) is 0 Å². The van der Waals surface area contributed by atoms with Crippen molar-refractivity contribution in [2.24, 2.45) is 0 Å². The number of likely N-dealkylation sites (tertiary alicyclic amines) is 1. The Morgan fingerprint density at radius 3 is 1.65 bits per heavy atom. The van der Waals surface area contributed by atoms with Gasteiger partial charge in [-0.05, 0) is 38.8 Å². The lowest BCUT2D eigenvalue weighted by Gasteiger charge is -2.30. The highest BCUT2D eigenvalue weighted by atomic mass is 16.7. The first-order valence-electron chi connectivity index (χ1n) is 14.3. The molecule has 0 saturated carbocycles. The zero-order chi connectivity index (χ0) is 22.0. The maximum absolute atomic E-state index is 6.72. The second kappa shape index (κ2) is 17.4. The Hall–Kier alpha value is -0.120. The van der Waals surface area contributed by atoms with Gasteiger partial charge in [0.05, 0.1) is 12.7 Å². The summed E-state index contributed by atoms with van der Waals surface area (Å²) in [4.78, 5) is 2.64. The molecule has 3 nitrogen and oxygen atoms in total. The van der Waals surface area contributed by atoms with Crippen LogP contribution in [0.1, 0.15) is 142 Å². The number of unbranched alkanes of at least 4 members (excludes halogenated alkanes) is 12. The summed E-state index contributed by atoms with van der Waals surface area (Å²) in [6.45, 7) is 8.98. The Bertz CT molecular complexity index is 388. The van der Waals surface area contributed by atoms with Crippen LogP contribution in [0.3, 0.4) is 0 Å². The van der Waals surface area contributed by atoms with Crippen LogP contribution < -0.4 is 0 Å². The first-order chi connectivity index (χ1) is 15.3. The molecular formula is C28H55NO2. The molecule has 0 spiro atoms. The second-order valence-electron chi connectivity index (χ2n) is 10.4. The van der Waals surface area contributed by atoms with Gasteiger partial charge in [-0.15, -0.1) is 0 Å². The van der Waals surface area contributed by atoms with Gasteiger partial charge in [0.15, 0.2) is 5.79 Å². The van der Waals surface area contributed by atoms with Gasteiger partial charge in [0.2, 0.25) is 0 Å². The van der Waals surface area contributed by atoms with Crippen LogP contribution in [-0.4, -0.2) is 43.0 Å². The van der Waals surface area contributed by atoms with Crippen molar-refractivity contribution >= 4 is 0 Å². The minimum absolute atomic E-state index is 0.274. The van der Waals surface area contributed by atoms with Crippen molar-refractivity contribution in [3.8, 4) is 0 Å². The minimum Gasteiger partial charge on any atom is -0.347 e. The smallest absolute Gasteiger partial charge is 0.168 e. The van der Waals surface area contributed by atoms with Gasteiger partial charge in [0, 0.05) is 19.4 Å². The fourth-order valence-corrected chi connectivity index (χ4v) is 5.40. The van der Waals surface area contributed by atoms with Crippen molar-refractivity contribution in [1.29, 1.82) is 0 Å². The predicted molar refractivity (Wildman–Crippen MR) is 134 cm³/mol. The maximum Gasteiger partial charge on any atom is 0.168 e. The summed E-state index contributed by atoms with van der Waals surface area (Å²) >= 11 is 0. The van der Waals surface area contributed by atoms with Crippen LogP contribution in [0.15, 0.2) is 0 Å². The fourth-order valence-electron chi connectivity index (χ4n) is 5.40. The molecule has 2 aliphatic rings. The van der Waals surface area contributed by atoms with E-state index in [1.54, 1.807) is 0 Å². The zero-order valence-electron chi connectivity index (χ0n) is 21.3. The quantitative estimate of drug-likeness (QED) is 0.201. The van der Waals surface area contributed by atoms with Crippen LogP contribution in [0.4, 0.5) is 0 Å². The largest absolute Gasteiger partial charge is 0.347 e. The minimum atomic E-state index is -0.274. The third-order valence-corrected chi connectivity index (χ3v) is 7.40. The van der Waals surface area contributed by atoms with E-state index in [0.29, 0.717) is 0 Å². The van der Waals surface area contributed by atoms with Gasteiger partial charge in [0.25, 0.3) is 0 Å². The normalized spacial score (nSPS) is 22.1. The van der Waals surface area contributed by atoms with E-state index >= 15 is 0 Å². The highest BCUT2D eigenvalue weighted by Gasteiger charge is 2.40. The lowest BCUT2D eigenvalue weighted by molar-refractivity contribution is -0.180. The van der Waals surface area contributed by atoms with Crippen molar-refractivity contribution in [2.45, 2.75) is 154 Å². The van der Waals surface area contributed by atoms with Crippen LogP contribution >= 0.6 is 0 Å². The standard InChI is InChI=1S/C28H55NO2/c1-3-5-7-9-11-13-17-21-28(22-18-14-12-10-8-6-4-2)30-26-27(31-28)25-29-23-19-15-16-20-24-29/h27H,3-26H2,1-2H3. The van der Waals surface area contributed by atoms with Crippen molar-refractivity contribution in [3.63, 3.8) is 0 Å². The average Bonchev–Trinajstić information content (AvgIpc) is 2.98. The maximum atomic E-state index is 6.72. The van der Waals surface area contributed by atoms with Crippen LogP contribution in [0.25, 0.3) is 0 Å². The van der Waals surface area contributed by atoms with Gasteiger partial charge < -0.3 is 14.4 Å². The highest BCUT2D eigenvalue weighted by molar-refractivity contribution is 4.82. The van der Waals surface area contributed by atoms with Gasteiger partial charge in [0.1, 0.15) is 0 Å². The third kappa shape index (κ3) is 12.1. The molecule has 1 atom stereocenters. The Kier molecular flexibility index (Phi) is 15.2. The van der Waals surface area contributed by atoms with Gasteiger partial charge in [-0.3, -0.25) is 0 Å². The molecule has 0 aliphatic carbocycles. The molecule has 2 saturated heterocycles. The first kappa shape index (κ1) is 27.1. The van der Waals surface area contributed by atoms with Crippen LogP contribution in [0, 0.1) is 0 Å². The number of ether oxygens (including phenoxy) is 2. The van der Waals surface area contributed by atoms with E-state index in [2.05, 4.69) is 18.7 Å².